The van der Waals surface area contributed by atoms with Crippen LogP contribution in [0.15, 0.2) is 89.6 Å². The molecule has 0 aliphatic carbocycles. The molecule has 5 heteroatoms. The summed E-state index contributed by atoms with van der Waals surface area (Å²) in [4.78, 5) is 12.9. The third-order valence-corrected chi connectivity index (χ3v) is 6.34. The molecule has 0 spiro atoms. The van der Waals surface area contributed by atoms with Crippen molar-refractivity contribution in [1.82, 2.24) is 0 Å². The molecule has 1 N–H and O–H groups in total. The van der Waals surface area contributed by atoms with Gasteiger partial charge in [-0.25, -0.2) is 0 Å². The normalized spacial score (nSPS) is 11.6. The van der Waals surface area contributed by atoms with E-state index in [2.05, 4.69) is 35.6 Å². The summed E-state index contributed by atoms with van der Waals surface area (Å²) in [5.74, 6) is 0.995. The zero-order chi connectivity index (χ0) is 25.2. The van der Waals surface area contributed by atoms with Gasteiger partial charge in [-0.05, 0) is 65.6 Å². The fraction of sp³-hybridized carbons (Fsp3) is 0.129. The molecule has 5 rings (SSSR count). The monoisotopic (exact) mass is 477 g/mol. The first-order valence-corrected chi connectivity index (χ1v) is 11.7. The van der Waals surface area contributed by atoms with Gasteiger partial charge < -0.3 is 19.2 Å². The predicted molar refractivity (Wildman–Crippen MR) is 146 cm³/mol. The zero-order valence-electron chi connectivity index (χ0n) is 20.7. The summed E-state index contributed by atoms with van der Waals surface area (Å²) in [6.45, 7) is 3.86. The van der Waals surface area contributed by atoms with Gasteiger partial charge in [0.25, 0.3) is 0 Å². The second-order valence-electron chi connectivity index (χ2n) is 8.78. The molecular weight excluding hydrogens is 450 g/mol. The quantitative estimate of drug-likeness (QED) is 0.256. The molecule has 0 unspecified atom stereocenters. The molecular formula is C31H27NO4. The van der Waals surface area contributed by atoms with Crippen LogP contribution in [0, 0.1) is 6.92 Å². The zero-order valence-corrected chi connectivity index (χ0v) is 20.7. The van der Waals surface area contributed by atoms with Crippen molar-refractivity contribution in [2.75, 3.05) is 19.5 Å². The van der Waals surface area contributed by atoms with Gasteiger partial charge in [-0.3, -0.25) is 4.79 Å². The Kier molecular flexibility index (Phi) is 6.21. The Morgan fingerprint density at radius 3 is 2.44 bits per heavy atom. The second kappa shape index (κ2) is 9.62. The second-order valence-corrected chi connectivity index (χ2v) is 8.78. The number of nitrogens with one attached hydrogen (secondary N) is 1. The molecule has 5 aromatic rings. The first-order valence-electron chi connectivity index (χ1n) is 11.7. The molecule has 0 radical (unpaired) electrons. The number of anilines is 1. The average molecular weight is 478 g/mol. The topological polar surface area (TPSA) is 60.7 Å². The standard InChI is InChI=1S/C31H27NO4/c1-19-9-12-28(34-3)27(13-19)32-31(33)14-20(2)24-16-25-26(18-36-30(25)17-29(24)35-4)23-11-10-21-7-5-6-8-22(21)15-23/h5-18H,1-4H3,(H,32,33)/b20-14+. The highest BCUT2D eigenvalue weighted by Crippen LogP contribution is 2.38. The number of fused-ring (bicyclic) bond motifs is 2. The Morgan fingerprint density at radius 1 is 0.889 bits per heavy atom. The molecule has 1 amide bonds. The number of carbonyl (C=O) groups excluding carboxylic acids is 1. The van der Waals surface area contributed by atoms with Gasteiger partial charge in [0.1, 0.15) is 17.1 Å². The van der Waals surface area contributed by atoms with Crippen molar-refractivity contribution in [3.63, 3.8) is 0 Å². The van der Waals surface area contributed by atoms with E-state index in [1.807, 2.05) is 56.3 Å². The average Bonchev–Trinajstić information content (AvgIpc) is 3.30. The van der Waals surface area contributed by atoms with Crippen LogP contribution < -0.4 is 14.8 Å². The largest absolute Gasteiger partial charge is 0.496 e. The summed E-state index contributed by atoms with van der Waals surface area (Å²) in [6.07, 6.45) is 3.34. The predicted octanol–water partition coefficient (Wildman–Crippen LogP) is 7.62. The number of methoxy groups -OCH3 is 2. The van der Waals surface area contributed by atoms with Gasteiger partial charge >= 0.3 is 0 Å². The molecule has 1 aromatic heterocycles. The van der Waals surface area contributed by atoms with Crippen LogP contribution in [0.5, 0.6) is 11.5 Å². The first-order chi connectivity index (χ1) is 17.5. The minimum Gasteiger partial charge on any atom is -0.496 e. The molecule has 0 saturated heterocycles. The lowest BCUT2D eigenvalue weighted by Crippen LogP contribution is -2.10. The summed E-state index contributed by atoms with van der Waals surface area (Å²) < 4.78 is 16.9. The van der Waals surface area contributed by atoms with Crippen LogP contribution in [0.4, 0.5) is 5.69 Å². The number of aryl methyl sites for hydroxylation is 1. The van der Waals surface area contributed by atoms with Crippen molar-refractivity contribution >= 4 is 38.9 Å². The van der Waals surface area contributed by atoms with Gasteiger partial charge in [-0.2, -0.15) is 0 Å². The van der Waals surface area contributed by atoms with E-state index in [1.165, 1.54) is 5.39 Å². The number of rotatable bonds is 6. The maximum absolute atomic E-state index is 12.9. The Balaban J connectivity index is 1.53. The number of furan rings is 1. The molecule has 0 aliphatic rings. The van der Waals surface area contributed by atoms with Crippen LogP contribution in [0.3, 0.4) is 0 Å². The lowest BCUT2D eigenvalue weighted by Gasteiger charge is -2.12. The van der Waals surface area contributed by atoms with E-state index >= 15 is 0 Å². The Bertz CT molecular complexity index is 1630. The van der Waals surface area contributed by atoms with Crippen molar-refractivity contribution in [1.29, 1.82) is 0 Å². The fourth-order valence-corrected chi connectivity index (χ4v) is 4.48. The van der Waals surface area contributed by atoms with E-state index in [-0.39, 0.29) is 5.91 Å². The fourth-order valence-electron chi connectivity index (χ4n) is 4.48. The molecule has 0 saturated carbocycles. The number of benzene rings is 4. The summed E-state index contributed by atoms with van der Waals surface area (Å²) in [6, 6.07) is 24.2. The number of hydrogen-bond donors (Lipinski definition) is 1. The highest BCUT2D eigenvalue weighted by molar-refractivity contribution is 6.06. The smallest absolute Gasteiger partial charge is 0.248 e. The number of amides is 1. The van der Waals surface area contributed by atoms with E-state index in [4.69, 9.17) is 13.9 Å². The maximum Gasteiger partial charge on any atom is 0.248 e. The lowest BCUT2D eigenvalue weighted by molar-refractivity contribution is -0.111. The summed E-state index contributed by atoms with van der Waals surface area (Å²) >= 11 is 0. The van der Waals surface area contributed by atoms with Gasteiger partial charge in [0.15, 0.2) is 0 Å². The van der Waals surface area contributed by atoms with Crippen LogP contribution >= 0.6 is 0 Å². The van der Waals surface area contributed by atoms with E-state index in [1.54, 1.807) is 26.6 Å². The van der Waals surface area contributed by atoms with Crippen molar-refractivity contribution in [2.45, 2.75) is 13.8 Å². The molecule has 0 bridgehead atoms. The number of allylic oxidation sites excluding steroid dienone is 1. The van der Waals surface area contributed by atoms with E-state index in [9.17, 15) is 4.79 Å². The van der Waals surface area contributed by atoms with Crippen LogP contribution in [0.1, 0.15) is 18.1 Å². The SMILES string of the molecule is COc1ccc(C)cc1NC(=O)/C=C(\C)c1cc2c(-c3ccc4ccccc4c3)coc2cc1OC. The Morgan fingerprint density at radius 2 is 1.67 bits per heavy atom. The Labute approximate surface area is 210 Å². The van der Waals surface area contributed by atoms with Crippen molar-refractivity contribution in [2.24, 2.45) is 0 Å². The minimum atomic E-state index is -0.250. The van der Waals surface area contributed by atoms with Crippen molar-refractivity contribution < 1.29 is 18.7 Å². The molecule has 36 heavy (non-hydrogen) atoms. The lowest BCUT2D eigenvalue weighted by atomic mass is 9.97. The van der Waals surface area contributed by atoms with Crippen LogP contribution in [-0.4, -0.2) is 20.1 Å². The van der Waals surface area contributed by atoms with Crippen LogP contribution in [0.2, 0.25) is 0 Å². The molecule has 5 nitrogen and oxygen atoms in total. The van der Waals surface area contributed by atoms with Gasteiger partial charge in [-0.15, -0.1) is 0 Å². The van der Waals surface area contributed by atoms with E-state index in [0.29, 0.717) is 17.2 Å². The number of carbonyl (C=O) groups is 1. The van der Waals surface area contributed by atoms with Crippen molar-refractivity contribution in [3.05, 3.63) is 96.3 Å². The highest BCUT2D eigenvalue weighted by Gasteiger charge is 2.16. The Hall–Kier alpha value is -4.51. The highest BCUT2D eigenvalue weighted by atomic mass is 16.5. The molecule has 1 heterocycles. The molecule has 0 aliphatic heterocycles. The minimum absolute atomic E-state index is 0.250. The third kappa shape index (κ3) is 4.43. The summed E-state index contributed by atoms with van der Waals surface area (Å²) in [7, 11) is 3.20. The van der Waals surface area contributed by atoms with Gasteiger partial charge in [0, 0.05) is 28.7 Å². The number of hydrogen-bond acceptors (Lipinski definition) is 4. The molecule has 0 fully saturated rings. The van der Waals surface area contributed by atoms with Crippen LogP contribution in [-0.2, 0) is 4.79 Å². The van der Waals surface area contributed by atoms with Gasteiger partial charge in [0.05, 0.1) is 26.2 Å². The number of ether oxygens (including phenoxy) is 2. The third-order valence-electron chi connectivity index (χ3n) is 6.34. The maximum atomic E-state index is 12.9. The summed E-state index contributed by atoms with van der Waals surface area (Å²) in [5.41, 5.74) is 6.02. The first kappa shape index (κ1) is 23.2. The molecule has 0 atom stereocenters. The molecule has 4 aromatic carbocycles. The van der Waals surface area contributed by atoms with Gasteiger partial charge in [-0.1, -0.05) is 42.5 Å². The van der Waals surface area contributed by atoms with E-state index < -0.39 is 0 Å². The van der Waals surface area contributed by atoms with E-state index in [0.717, 1.165) is 44.2 Å². The molecule has 180 valence electrons. The van der Waals surface area contributed by atoms with Crippen molar-refractivity contribution in [3.8, 4) is 22.6 Å². The summed E-state index contributed by atoms with van der Waals surface area (Å²) in [5, 5.41) is 6.23. The van der Waals surface area contributed by atoms with Crippen LogP contribution in [0.25, 0.3) is 38.4 Å². The van der Waals surface area contributed by atoms with Gasteiger partial charge in [0.2, 0.25) is 5.91 Å².